The van der Waals surface area contributed by atoms with E-state index in [0.717, 1.165) is 11.1 Å². The van der Waals surface area contributed by atoms with Crippen LogP contribution in [0.1, 0.15) is 33.6 Å². The molecule has 1 atom stereocenters. The highest BCUT2D eigenvalue weighted by Crippen LogP contribution is 2.40. The summed E-state index contributed by atoms with van der Waals surface area (Å²) in [6.07, 6.45) is 3.69. The van der Waals surface area contributed by atoms with Gasteiger partial charge in [-0.2, -0.15) is 0 Å². The normalized spacial score (nSPS) is 18.3. The first-order valence-corrected chi connectivity index (χ1v) is 8.75. The first-order chi connectivity index (χ1) is 13.1. The average Bonchev–Trinajstić information content (AvgIpc) is 2.69. The second kappa shape index (κ2) is 6.72. The SMILES string of the molecule is Cc1ccc(C2(NC(=O)c3cc[nH]c(=O)c3)CCOc3cccnc32)cc1. The Kier molecular flexibility index (Phi) is 4.24. The first kappa shape index (κ1) is 17.0. The molecule has 136 valence electrons. The molecule has 3 aromatic rings. The van der Waals surface area contributed by atoms with Crippen molar-refractivity contribution in [2.24, 2.45) is 0 Å². The van der Waals surface area contributed by atoms with Crippen LogP contribution in [0.4, 0.5) is 0 Å². The van der Waals surface area contributed by atoms with Crippen molar-refractivity contribution in [3.05, 3.63) is 93.7 Å². The van der Waals surface area contributed by atoms with Gasteiger partial charge >= 0.3 is 0 Å². The Morgan fingerprint density at radius 3 is 2.81 bits per heavy atom. The van der Waals surface area contributed by atoms with E-state index in [-0.39, 0.29) is 11.5 Å². The number of ether oxygens (including phenoxy) is 1. The van der Waals surface area contributed by atoms with Gasteiger partial charge in [0.2, 0.25) is 5.56 Å². The van der Waals surface area contributed by atoms with Crippen molar-refractivity contribution < 1.29 is 9.53 Å². The quantitative estimate of drug-likeness (QED) is 0.751. The number of nitrogens with zero attached hydrogens (tertiary/aromatic N) is 1. The number of aromatic amines is 1. The first-order valence-electron chi connectivity index (χ1n) is 8.75. The fourth-order valence-corrected chi connectivity index (χ4v) is 3.42. The molecule has 2 aromatic heterocycles. The molecule has 0 spiro atoms. The molecule has 1 aliphatic heterocycles. The molecule has 6 nitrogen and oxygen atoms in total. The number of hydrogen-bond acceptors (Lipinski definition) is 4. The number of H-pyrrole nitrogens is 1. The average molecular weight is 361 g/mol. The van der Waals surface area contributed by atoms with Crippen LogP contribution >= 0.6 is 0 Å². The fraction of sp³-hybridized carbons (Fsp3) is 0.190. The zero-order valence-electron chi connectivity index (χ0n) is 14.9. The fourth-order valence-electron chi connectivity index (χ4n) is 3.42. The van der Waals surface area contributed by atoms with Gasteiger partial charge in [0.25, 0.3) is 5.91 Å². The lowest BCUT2D eigenvalue weighted by atomic mass is 9.81. The van der Waals surface area contributed by atoms with E-state index in [1.807, 2.05) is 43.3 Å². The van der Waals surface area contributed by atoms with Gasteiger partial charge in [-0.25, -0.2) is 0 Å². The molecular formula is C21H19N3O3. The number of amides is 1. The van der Waals surface area contributed by atoms with E-state index in [0.29, 0.717) is 30.0 Å². The number of pyridine rings is 2. The molecule has 0 aliphatic carbocycles. The molecule has 27 heavy (non-hydrogen) atoms. The topological polar surface area (TPSA) is 84.1 Å². The Labute approximate surface area is 156 Å². The maximum Gasteiger partial charge on any atom is 0.252 e. The van der Waals surface area contributed by atoms with E-state index in [4.69, 9.17) is 4.74 Å². The predicted octanol–water partition coefficient (Wildman–Crippen LogP) is 2.53. The second-order valence-corrected chi connectivity index (χ2v) is 6.62. The maximum atomic E-state index is 13.0. The minimum absolute atomic E-state index is 0.300. The van der Waals surface area contributed by atoms with Gasteiger partial charge in [-0.05, 0) is 30.7 Å². The van der Waals surface area contributed by atoms with Crippen LogP contribution in [0.15, 0.2) is 65.7 Å². The summed E-state index contributed by atoms with van der Waals surface area (Å²) in [5.41, 5.74) is 1.87. The van der Waals surface area contributed by atoms with E-state index >= 15 is 0 Å². The van der Waals surface area contributed by atoms with Crippen LogP contribution in [0.3, 0.4) is 0 Å². The van der Waals surface area contributed by atoms with E-state index in [1.165, 1.54) is 12.3 Å². The van der Waals surface area contributed by atoms with E-state index in [2.05, 4.69) is 15.3 Å². The Morgan fingerprint density at radius 1 is 1.22 bits per heavy atom. The molecule has 3 heterocycles. The number of aromatic nitrogens is 2. The summed E-state index contributed by atoms with van der Waals surface area (Å²) in [7, 11) is 0. The maximum absolute atomic E-state index is 13.0. The van der Waals surface area contributed by atoms with Gasteiger partial charge in [-0.1, -0.05) is 29.8 Å². The standard InChI is InChI=1S/C21H19N3O3/c1-14-4-6-16(7-5-14)21(9-12-27-17-3-2-10-23-19(17)21)24-20(26)15-8-11-22-18(25)13-15/h2-8,10-11,13H,9,12H2,1H3,(H,22,25)(H,24,26). The lowest BCUT2D eigenvalue weighted by molar-refractivity contribution is 0.0883. The number of rotatable bonds is 3. The van der Waals surface area contributed by atoms with Crippen LogP contribution in [0.2, 0.25) is 0 Å². The summed E-state index contributed by atoms with van der Waals surface area (Å²) in [6, 6.07) is 14.5. The van der Waals surface area contributed by atoms with Gasteiger partial charge in [0.15, 0.2) is 0 Å². The summed E-state index contributed by atoms with van der Waals surface area (Å²) in [5.74, 6) is 0.315. The molecule has 0 saturated carbocycles. The van der Waals surface area contributed by atoms with E-state index in [1.54, 1.807) is 12.3 Å². The molecule has 2 N–H and O–H groups in total. The molecule has 1 amide bonds. The minimum atomic E-state index is -0.831. The third kappa shape index (κ3) is 3.10. The van der Waals surface area contributed by atoms with Crippen molar-refractivity contribution >= 4 is 5.91 Å². The lowest BCUT2D eigenvalue weighted by Crippen LogP contribution is -2.50. The molecule has 0 bridgehead atoms. The van der Waals surface area contributed by atoms with Crippen LogP contribution in [0.25, 0.3) is 0 Å². The van der Waals surface area contributed by atoms with Gasteiger partial charge in [-0.3, -0.25) is 14.6 Å². The Hall–Kier alpha value is -3.41. The largest absolute Gasteiger partial charge is 0.491 e. The molecule has 0 fully saturated rings. The number of benzene rings is 1. The van der Waals surface area contributed by atoms with Gasteiger partial charge < -0.3 is 15.0 Å². The number of carbonyl (C=O) groups excluding carboxylic acids is 1. The van der Waals surface area contributed by atoms with Gasteiger partial charge in [0.05, 0.1) is 6.61 Å². The molecule has 0 saturated heterocycles. The van der Waals surface area contributed by atoms with Crippen LogP contribution in [-0.2, 0) is 5.54 Å². The van der Waals surface area contributed by atoms with Crippen molar-refractivity contribution in [1.82, 2.24) is 15.3 Å². The molecule has 1 aromatic carbocycles. The van der Waals surface area contributed by atoms with Crippen molar-refractivity contribution in [3.8, 4) is 5.75 Å². The minimum Gasteiger partial charge on any atom is -0.491 e. The molecular weight excluding hydrogens is 342 g/mol. The number of fused-ring (bicyclic) bond motifs is 1. The highest BCUT2D eigenvalue weighted by atomic mass is 16.5. The molecule has 1 aliphatic rings. The predicted molar refractivity (Wildman–Crippen MR) is 101 cm³/mol. The summed E-state index contributed by atoms with van der Waals surface area (Å²) >= 11 is 0. The van der Waals surface area contributed by atoms with Gasteiger partial charge in [0, 0.05) is 30.4 Å². The van der Waals surface area contributed by atoms with Crippen molar-refractivity contribution in [3.63, 3.8) is 0 Å². The summed E-state index contributed by atoms with van der Waals surface area (Å²) in [4.78, 5) is 31.6. The van der Waals surface area contributed by atoms with Crippen molar-refractivity contribution in [2.75, 3.05) is 6.61 Å². The molecule has 6 heteroatoms. The Morgan fingerprint density at radius 2 is 2.04 bits per heavy atom. The Balaban J connectivity index is 1.84. The summed E-state index contributed by atoms with van der Waals surface area (Å²) in [5, 5.41) is 3.13. The smallest absolute Gasteiger partial charge is 0.252 e. The highest BCUT2D eigenvalue weighted by Gasteiger charge is 2.42. The van der Waals surface area contributed by atoms with E-state index in [9.17, 15) is 9.59 Å². The Bertz CT molecular complexity index is 1040. The van der Waals surface area contributed by atoms with E-state index < -0.39 is 5.54 Å². The van der Waals surface area contributed by atoms with Gasteiger partial charge in [-0.15, -0.1) is 0 Å². The number of nitrogens with one attached hydrogen (secondary N) is 2. The molecule has 4 rings (SSSR count). The van der Waals surface area contributed by atoms with Crippen LogP contribution in [-0.4, -0.2) is 22.5 Å². The second-order valence-electron chi connectivity index (χ2n) is 6.62. The third-order valence-corrected chi connectivity index (χ3v) is 4.82. The van der Waals surface area contributed by atoms with Gasteiger partial charge in [0.1, 0.15) is 17.0 Å². The zero-order valence-corrected chi connectivity index (χ0v) is 14.9. The lowest BCUT2D eigenvalue weighted by Gasteiger charge is -2.39. The number of carbonyl (C=O) groups is 1. The van der Waals surface area contributed by atoms with Crippen LogP contribution < -0.4 is 15.6 Å². The zero-order chi connectivity index (χ0) is 18.9. The third-order valence-electron chi connectivity index (χ3n) is 4.82. The number of hydrogen-bond donors (Lipinski definition) is 2. The summed E-state index contributed by atoms with van der Waals surface area (Å²) < 4.78 is 5.76. The highest BCUT2D eigenvalue weighted by molar-refractivity contribution is 5.95. The monoisotopic (exact) mass is 361 g/mol. The summed E-state index contributed by atoms with van der Waals surface area (Å²) in [6.45, 7) is 2.46. The van der Waals surface area contributed by atoms with Crippen molar-refractivity contribution in [2.45, 2.75) is 18.9 Å². The molecule has 1 unspecified atom stereocenters. The molecule has 0 radical (unpaired) electrons. The van der Waals surface area contributed by atoms with Crippen LogP contribution in [0, 0.1) is 6.92 Å². The number of aryl methyl sites for hydroxylation is 1. The van der Waals surface area contributed by atoms with Crippen LogP contribution in [0.5, 0.6) is 5.75 Å². The van der Waals surface area contributed by atoms with Crippen molar-refractivity contribution in [1.29, 1.82) is 0 Å².